The zero-order valence-corrected chi connectivity index (χ0v) is 14.3. The van der Waals surface area contributed by atoms with Gasteiger partial charge in [0.25, 0.3) is 5.91 Å². The lowest BCUT2D eigenvalue weighted by molar-refractivity contribution is -0.142. The van der Waals surface area contributed by atoms with Gasteiger partial charge in [-0.25, -0.2) is 10.3 Å². The van der Waals surface area contributed by atoms with Crippen molar-refractivity contribution in [3.63, 3.8) is 0 Å². The molecule has 1 atom stereocenters. The van der Waals surface area contributed by atoms with Crippen molar-refractivity contribution in [3.05, 3.63) is 0 Å². The zero-order valence-electron chi connectivity index (χ0n) is 13.4. The predicted molar refractivity (Wildman–Crippen MR) is 81.3 cm³/mol. The van der Waals surface area contributed by atoms with Gasteiger partial charge >= 0.3 is 16.4 Å². The molecular weight excluding hydrogens is 346 g/mol. The molecule has 0 bridgehead atoms. The summed E-state index contributed by atoms with van der Waals surface area (Å²) in [4.78, 5) is 30.6. The van der Waals surface area contributed by atoms with Crippen LogP contribution in [0, 0.1) is 0 Å². The van der Waals surface area contributed by atoms with E-state index in [4.69, 9.17) is 9.39 Å². The summed E-state index contributed by atoms with van der Waals surface area (Å²) in [6.07, 6.45) is 0.667. The van der Waals surface area contributed by atoms with Gasteiger partial charge in [-0.2, -0.15) is 13.9 Å². The number of hydrogen-bond acceptors (Lipinski definition) is 8. The molecular formula is C11H23N5O7S. The molecule has 0 spiro atoms. The average Bonchev–Trinajstić information content (AvgIpc) is 3.03. The SMILES string of the molecule is CCC[C@@H](C(=O)NOC1CNNC1)N(CC)C(=O)NOS(=O)(=O)O. The van der Waals surface area contributed by atoms with Gasteiger partial charge in [-0.15, -0.1) is 4.28 Å². The molecule has 1 heterocycles. The lowest BCUT2D eigenvalue weighted by atomic mass is 10.1. The van der Waals surface area contributed by atoms with Crippen molar-refractivity contribution in [1.29, 1.82) is 0 Å². The second-order valence-electron chi connectivity index (χ2n) is 4.98. The molecule has 1 saturated heterocycles. The van der Waals surface area contributed by atoms with Gasteiger partial charge in [0.1, 0.15) is 12.1 Å². The van der Waals surface area contributed by atoms with Crippen molar-refractivity contribution >= 4 is 22.3 Å². The first kappa shape index (κ1) is 20.5. The Balaban J connectivity index is 2.66. The third-order valence-corrected chi connectivity index (χ3v) is 3.48. The van der Waals surface area contributed by atoms with Crippen LogP contribution >= 0.6 is 0 Å². The van der Waals surface area contributed by atoms with E-state index in [1.165, 1.54) is 0 Å². The lowest BCUT2D eigenvalue weighted by Gasteiger charge is -2.29. The summed E-state index contributed by atoms with van der Waals surface area (Å²) < 4.78 is 33.3. The molecule has 13 heteroatoms. The maximum Gasteiger partial charge on any atom is 0.418 e. The largest absolute Gasteiger partial charge is 0.418 e. The topological polar surface area (TPSA) is 158 Å². The fraction of sp³-hybridized carbons (Fsp3) is 0.818. The van der Waals surface area contributed by atoms with Crippen molar-refractivity contribution in [2.24, 2.45) is 0 Å². The normalized spacial score (nSPS) is 16.6. The number of nitrogens with one attached hydrogen (secondary N) is 4. The van der Waals surface area contributed by atoms with E-state index in [9.17, 15) is 18.0 Å². The number of nitrogens with zero attached hydrogens (tertiary/aromatic N) is 1. The number of carbonyl (C=O) groups is 2. The summed E-state index contributed by atoms with van der Waals surface area (Å²) in [6, 6.07) is -1.87. The lowest BCUT2D eigenvalue weighted by Crippen LogP contribution is -2.53. The van der Waals surface area contributed by atoms with Gasteiger partial charge in [0.2, 0.25) is 0 Å². The van der Waals surface area contributed by atoms with E-state index >= 15 is 0 Å². The predicted octanol–water partition coefficient (Wildman–Crippen LogP) is -1.55. The minimum atomic E-state index is -4.84. The van der Waals surface area contributed by atoms with Gasteiger partial charge in [0.05, 0.1) is 0 Å². The van der Waals surface area contributed by atoms with Crippen LogP contribution in [0.1, 0.15) is 26.7 Å². The monoisotopic (exact) mass is 369 g/mol. The Bertz CT molecular complexity index is 523. The Labute approximate surface area is 140 Å². The number of hydrogen-bond donors (Lipinski definition) is 5. The molecule has 12 nitrogen and oxygen atoms in total. The molecule has 1 aliphatic heterocycles. The van der Waals surface area contributed by atoms with E-state index in [0.29, 0.717) is 25.9 Å². The Morgan fingerprint density at radius 2 is 1.92 bits per heavy atom. The van der Waals surface area contributed by atoms with E-state index in [1.807, 2.05) is 6.92 Å². The van der Waals surface area contributed by atoms with E-state index in [0.717, 1.165) is 4.90 Å². The molecule has 0 unspecified atom stereocenters. The van der Waals surface area contributed by atoms with Gasteiger partial charge in [-0.3, -0.25) is 25.0 Å². The van der Waals surface area contributed by atoms with Crippen LogP contribution in [0.4, 0.5) is 4.79 Å². The van der Waals surface area contributed by atoms with Crippen LogP contribution in [0.15, 0.2) is 0 Å². The number of hydrazine groups is 1. The smallest absolute Gasteiger partial charge is 0.311 e. The maximum absolute atomic E-state index is 12.3. The van der Waals surface area contributed by atoms with Crippen molar-refractivity contribution in [2.75, 3.05) is 19.6 Å². The minimum Gasteiger partial charge on any atom is -0.311 e. The molecule has 0 radical (unpaired) electrons. The number of carbonyl (C=O) groups excluding carboxylic acids is 2. The molecule has 24 heavy (non-hydrogen) atoms. The number of urea groups is 1. The van der Waals surface area contributed by atoms with Gasteiger partial charge in [-0.05, 0) is 13.3 Å². The van der Waals surface area contributed by atoms with Crippen molar-refractivity contribution in [3.8, 4) is 0 Å². The maximum atomic E-state index is 12.3. The molecule has 3 amide bonds. The summed E-state index contributed by atoms with van der Waals surface area (Å²) in [5.41, 5.74) is 9.55. The second-order valence-corrected chi connectivity index (χ2v) is 6.00. The van der Waals surface area contributed by atoms with Gasteiger partial charge in [-0.1, -0.05) is 13.3 Å². The highest BCUT2D eigenvalue weighted by Crippen LogP contribution is 2.09. The van der Waals surface area contributed by atoms with Crippen LogP contribution in [0.3, 0.4) is 0 Å². The third-order valence-electron chi connectivity index (χ3n) is 3.19. The Morgan fingerprint density at radius 3 is 2.42 bits per heavy atom. The zero-order chi connectivity index (χ0) is 18.2. The number of rotatable bonds is 9. The van der Waals surface area contributed by atoms with Crippen molar-refractivity contribution in [2.45, 2.75) is 38.8 Å². The standard InChI is InChI=1S/C11H23N5O7S/c1-3-5-9(10(17)14-22-8-6-12-13-7-8)16(4-2)11(18)15-23-24(19,20)21/h8-9,12-13H,3-7H2,1-2H3,(H,14,17)(H,15,18)(H,19,20,21)/t9-/m0/s1. The molecule has 140 valence electrons. The van der Waals surface area contributed by atoms with Gasteiger partial charge in [0, 0.05) is 19.6 Å². The van der Waals surface area contributed by atoms with Crippen molar-refractivity contribution < 1.29 is 31.7 Å². The quantitative estimate of drug-likeness (QED) is 0.239. The third kappa shape index (κ3) is 6.94. The molecule has 1 aliphatic rings. The minimum absolute atomic E-state index is 0.102. The Hall–Kier alpha value is -1.51. The van der Waals surface area contributed by atoms with Crippen LogP contribution in [0.25, 0.3) is 0 Å². The summed E-state index contributed by atoms with van der Waals surface area (Å²) in [6.45, 7) is 4.56. The average molecular weight is 369 g/mol. The van der Waals surface area contributed by atoms with Crippen LogP contribution in [0.5, 0.6) is 0 Å². The summed E-state index contributed by atoms with van der Waals surface area (Å²) in [7, 11) is -4.84. The molecule has 1 fully saturated rings. The summed E-state index contributed by atoms with van der Waals surface area (Å²) in [5.74, 6) is -0.549. The molecule has 0 aliphatic carbocycles. The van der Waals surface area contributed by atoms with E-state index in [2.05, 4.69) is 20.6 Å². The second kappa shape index (κ2) is 9.71. The fourth-order valence-corrected chi connectivity index (χ4v) is 2.27. The van der Waals surface area contributed by atoms with E-state index < -0.39 is 28.4 Å². The first-order valence-corrected chi connectivity index (χ1v) is 8.78. The fourth-order valence-electron chi connectivity index (χ4n) is 2.09. The Kier molecular flexibility index (Phi) is 8.30. The van der Waals surface area contributed by atoms with Crippen LogP contribution in [-0.2, 0) is 24.3 Å². The van der Waals surface area contributed by atoms with E-state index in [1.54, 1.807) is 12.4 Å². The summed E-state index contributed by atoms with van der Waals surface area (Å²) >= 11 is 0. The highest BCUT2D eigenvalue weighted by Gasteiger charge is 2.30. The molecule has 1 rings (SSSR count). The molecule has 0 aromatic heterocycles. The Morgan fingerprint density at radius 1 is 1.29 bits per heavy atom. The molecule has 0 aromatic rings. The number of hydroxylamine groups is 2. The molecule has 0 aromatic carbocycles. The molecule has 5 N–H and O–H groups in total. The van der Waals surface area contributed by atoms with Crippen molar-refractivity contribution in [1.82, 2.24) is 26.7 Å². The summed E-state index contributed by atoms with van der Waals surface area (Å²) in [5, 5.41) is 0. The first-order valence-electron chi connectivity index (χ1n) is 7.42. The molecule has 0 saturated carbocycles. The van der Waals surface area contributed by atoms with E-state index in [-0.39, 0.29) is 12.6 Å². The highest BCUT2D eigenvalue weighted by molar-refractivity contribution is 7.80. The van der Waals surface area contributed by atoms with Crippen LogP contribution < -0.4 is 21.8 Å². The number of amides is 3. The van der Waals surface area contributed by atoms with Crippen LogP contribution in [-0.4, -0.2) is 61.6 Å². The highest BCUT2D eigenvalue weighted by atomic mass is 32.3. The number of likely N-dealkylation sites (N-methyl/N-ethyl adjacent to an activating group) is 1. The first-order chi connectivity index (χ1) is 11.3. The van der Waals surface area contributed by atoms with Crippen LogP contribution in [0.2, 0.25) is 0 Å². The van der Waals surface area contributed by atoms with Gasteiger partial charge < -0.3 is 4.90 Å². The van der Waals surface area contributed by atoms with Gasteiger partial charge in [0.15, 0.2) is 0 Å².